The third kappa shape index (κ3) is 3.61. The molecule has 0 spiro atoms. The third-order valence-corrected chi connectivity index (χ3v) is 3.21. The molecule has 0 saturated carbocycles. The van der Waals surface area contributed by atoms with Crippen molar-refractivity contribution in [3.63, 3.8) is 0 Å². The van der Waals surface area contributed by atoms with Gasteiger partial charge in [-0.3, -0.25) is 4.79 Å². The predicted molar refractivity (Wildman–Crippen MR) is 81.2 cm³/mol. The maximum atomic E-state index is 12.2. The molecule has 108 valence electrons. The molecule has 1 aliphatic heterocycles. The Morgan fingerprint density at radius 3 is 3.05 bits per heavy atom. The number of carbonyl (C=O) groups excluding carboxylic acids is 1. The molecule has 20 heavy (non-hydrogen) atoms. The molecule has 0 aliphatic carbocycles. The Morgan fingerprint density at radius 1 is 1.45 bits per heavy atom. The van der Waals surface area contributed by atoms with Crippen LogP contribution in [0.3, 0.4) is 0 Å². The third-order valence-electron chi connectivity index (χ3n) is 3.21. The summed E-state index contributed by atoms with van der Waals surface area (Å²) in [5.74, 6) is 0.860. The van der Waals surface area contributed by atoms with Gasteiger partial charge < -0.3 is 15.0 Å². The van der Waals surface area contributed by atoms with Gasteiger partial charge in [-0.05, 0) is 30.7 Å². The standard InChI is InChI=1S/C16H22N2O2/c1-3-9-17-11-13(2)12-18-14-6-4-5-7-15(14)20-10-8-16(18)19/h4-7,17H,2-3,8-12H2,1H3. The van der Waals surface area contributed by atoms with Gasteiger partial charge in [-0.25, -0.2) is 0 Å². The molecular formula is C16H22N2O2. The van der Waals surface area contributed by atoms with Crippen LogP contribution in [-0.2, 0) is 4.79 Å². The first-order chi connectivity index (χ1) is 9.72. The molecule has 1 N–H and O–H groups in total. The Kier molecular flexibility index (Phi) is 5.18. The minimum absolute atomic E-state index is 0.0894. The molecule has 1 amide bonds. The molecule has 0 bridgehead atoms. The van der Waals surface area contributed by atoms with E-state index in [2.05, 4.69) is 18.8 Å². The summed E-state index contributed by atoms with van der Waals surface area (Å²) in [7, 11) is 0. The SMILES string of the molecule is C=C(CNCCC)CN1C(=O)CCOc2ccccc21. The van der Waals surface area contributed by atoms with Crippen LogP contribution in [0.1, 0.15) is 19.8 Å². The van der Waals surface area contributed by atoms with Crippen LogP contribution in [0.4, 0.5) is 5.69 Å². The Bertz CT molecular complexity index is 485. The molecule has 4 heteroatoms. The zero-order chi connectivity index (χ0) is 14.4. The van der Waals surface area contributed by atoms with Crippen LogP contribution >= 0.6 is 0 Å². The molecule has 2 rings (SSSR count). The maximum Gasteiger partial charge on any atom is 0.230 e. The molecule has 0 atom stereocenters. The van der Waals surface area contributed by atoms with Crippen LogP contribution in [0.2, 0.25) is 0 Å². The molecule has 1 aromatic rings. The second-order valence-electron chi connectivity index (χ2n) is 4.97. The summed E-state index contributed by atoms with van der Waals surface area (Å²) >= 11 is 0. The topological polar surface area (TPSA) is 41.6 Å². The highest BCUT2D eigenvalue weighted by molar-refractivity contribution is 5.96. The number of fused-ring (bicyclic) bond motifs is 1. The smallest absolute Gasteiger partial charge is 0.230 e. The summed E-state index contributed by atoms with van der Waals surface area (Å²) in [6.45, 7) is 8.86. The number of para-hydroxylation sites is 2. The molecule has 0 aromatic heterocycles. The normalized spacial score (nSPS) is 14.4. The zero-order valence-corrected chi connectivity index (χ0v) is 12.0. The van der Waals surface area contributed by atoms with E-state index < -0.39 is 0 Å². The summed E-state index contributed by atoms with van der Waals surface area (Å²) in [5.41, 5.74) is 1.84. The van der Waals surface area contributed by atoms with Gasteiger partial charge in [0.2, 0.25) is 5.91 Å². The van der Waals surface area contributed by atoms with E-state index in [1.54, 1.807) is 4.90 Å². The predicted octanol–water partition coefficient (Wildman–Crippen LogP) is 2.36. The van der Waals surface area contributed by atoms with Gasteiger partial charge in [0.1, 0.15) is 5.75 Å². The van der Waals surface area contributed by atoms with E-state index in [1.165, 1.54) is 0 Å². The number of rotatable bonds is 6. The van der Waals surface area contributed by atoms with Gasteiger partial charge in [0, 0.05) is 13.1 Å². The Morgan fingerprint density at radius 2 is 2.25 bits per heavy atom. The van der Waals surface area contributed by atoms with E-state index in [9.17, 15) is 4.79 Å². The molecule has 0 radical (unpaired) electrons. The summed E-state index contributed by atoms with van der Waals surface area (Å²) in [4.78, 5) is 14.0. The lowest BCUT2D eigenvalue weighted by Crippen LogP contribution is -2.34. The molecule has 4 nitrogen and oxygen atoms in total. The fourth-order valence-corrected chi connectivity index (χ4v) is 2.21. The van der Waals surface area contributed by atoms with Gasteiger partial charge in [-0.2, -0.15) is 0 Å². The van der Waals surface area contributed by atoms with Crippen molar-refractivity contribution in [2.24, 2.45) is 0 Å². The summed E-state index contributed by atoms with van der Waals surface area (Å²) in [6, 6.07) is 7.67. The number of amides is 1. The summed E-state index contributed by atoms with van der Waals surface area (Å²) in [6.07, 6.45) is 1.50. The molecule has 1 aliphatic rings. The summed E-state index contributed by atoms with van der Waals surface area (Å²) < 4.78 is 5.62. The highest BCUT2D eigenvalue weighted by Gasteiger charge is 2.23. The van der Waals surface area contributed by atoms with Crippen molar-refractivity contribution in [1.29, 1.82) is 0 Å². The molecule has 1 aromatic carbocycles. The monoisotopic (exact) mass is 274 g/mol. The molecule has 1 heterocycles. The van der Waals surface area contributed by atoms with Gasteiger partial charge in [0.05, 0.1) is 18.7 Å². The van der Waals surface area contributed by atoms with Crippen molar-refractivity contribution in [1.82, 2.24) is 5.32 Å². The van der Waals surface area contributed by atoms with Crippen LogP contribution in [-0.4, -0.2) is 32.1 Å². The summed E-state index contributed by atoms with van der Waals surface area (Å²) in [5, 5.41) is 3.31. The lowest BCUT2D eigenvalue weighted by molar-refractivity contribution is -0.118. The minimum Gasteiger partial charge on any atom is -0.491 e. The van der Waals surface area contributed by atoms with Crippen molar-refractivity contribution in [2.75, 3.05) is 31.1 Å². The van der Waals surface area contributed by atoms with Gasteiger partial charge in [0.25, 0.3) is 0 Å². The van der Waals surface area contributed by atoms with E-state index in [1.807, 2.05) is 24.3 Å². The second-order valence-corrected chi connectivity index (χ2v) is 4.97. The van der Waals surface area contributed by atoms with Gasteiger partial charge in [-0.1, -0.05) is 25.6 Å². The number of benzene rings is 1. The van der Waals surface area contributed by atoms with Gasteiger partial charge >= 0.3 is 0 Å². The largest absolute Gasteiger partial charge is 0.491 e. The quantitative estimate of drug-likeness (QED) is 0.639. The van der Waals surface area contributed by atoms with Crippen molar-refractivity contribution >= 4 is 11.6 Å². The fraction of sp³-hybridized carbons (Fsp3) is 0.438. The number of anilines is 1. The molecule has 0 saturated heterocycles. The van der Waals surface area contributed by atoms with Crippen LogP contribution < -0.4 is 15.0 Å². The average molecular weight is 274 g/mol. The molecular weight excluding hydrogens is 252 g/mol. The number of hydrogen-bond acceptors (Lipinski definition) is 3. The van der Waals surface area contributed by atoms with Crippen LogP contribution in [0.25, 0.3) is 0 Å². The van der Waals surface area contributed by atoms with E-state index in [0.717, 1.165) is 36.5 Å². The first-order valence-electron chi connectivity index (χ1n) is 7.12. The number of carbonyl (C=O) groups is 1. The first kappa shape index (κ1) is 14.6. The number of nitrogens with zero attached hydrogens (tertiary/aromatic N) is 1. The highest BCUT2D eigenvalue weighted by atomic mass is 16.5. The van der Waals surface area contributed by atoms with E-state index in [4.69, 9.17) is 4.74 Å². The molecule has 0 unspecified atom stereocenters. The van der Waals surface area contributed by atoms with E-state index >= 15 is 0 Å². The van der Waals surface area contributed by atoms with E-state index in [-0.39, 0.29) is 5.91 Å². The number of ether oxygens (including phenoxy) is 1. The van der Waals surface area contributed by atoms with E-state index in [0.29, 0.717) is 19.6 Å². The van der Waals surface area contributed by atoms with Crippen molar-refractivity contribution in [2.45, 2.75) is 19.8 Å². The zero-order valence-electron chi connectivity index (χ0n) is 12.0. The molecule has 0 fully saturated rings. The number of hydrogen-bond donors (Lipinski definition) is 1. The van der Waals surface area contributed by atoms with Crippen LogP contribution in [0, 0.1) is 0 Å². The lowest BCUT2D eigenvalue weighted by atomic mass is 10.2. The Labute approximate surface area is 120 Å². The van der Waals surface area contributed by atoms with Crippen LogP contribution in [0.15, 0.2) is 36.4 Å². The van der Waals surface area contributed by atoms with Crippen molar-refractivity contribution in [3.8, 4) is 5.75 Å². The first-order valence-corrected chi connectivity index (χ1v) is 7.12. The Balaban J connectivity index is 2.08. The van der Waals surface area contributed by atoms with Crippen molar-refractivity contribution in [3.05, 3.63) is 36.4 Å². The lowest BCUT2D eigenvalue weighted by Gasteiger charge is -2.23. The van der Waals surface area contributed by atoms with Crippen LogP contribution in [0.5, 0.6) is 5.75 Å². The maximum absolute atomic E-state index is 12.2. The van der Waals surface area contributed by atoms with Crippen molar-refractivity contribution < 1.29 is 9.53 Å². The Hall–Kier alpha value is -1.81. The highest BCUT2D eigenvalue weighted by Crippen LogP contribution is 2.31. The fourth-order valence-electron chi connectivity index (χ4n) is 2.21. The average Bonchev–Trinajstić information content (AvgIpc) is 2.60. The number of nitrogens with one attached hydrogen (secondary N) is 1. The minimum atomic E-state index is 0.0894. The second kappa shape index (κ2) is 7.10. The van der Waals surface area contributed by atoms with Gasteiger partial charge in [-0.15, -0.1) is 0 Å². The van der Waals surface area contributed by atoms with Gasteiger partial charge in [0.15, 0.2) is 0 Å².